The number of nitrogens with zero attached hydrogens (tertiary/aromatic N) is 3. The van der Waals surface area contributed by atoms with Gasteiger partial charge in [0.1, 0.15) is 16.7 Å². The highest BCUT2D eigenvalue weighted by Crippen LogP contribution is 2.39. The number of rotatable bonds is 8. The first kappa shape index (κ1) is 23.7. The molecule has 0 radical (unpaired) electrons. The van der Waals surface area contributed by atoms with E-state index >= 15 is 0 Å². The number of methoxy groups -OCH3 is 1. The summed E-state index contributed by atoms with van der Waals surface area (Å²) in [6.07, 6.45) is 4.73. The van der Waals surface area contributed by atoms with Gasteiger partial charge in [0.15, 0.2) is 5.82 Å². The van der Waals surface area contributed by atoms with Crippen LogP contribution < -0.4 is 10.1 Å². The number of hydrogen-bond donors (Lipinski definition) is 1. The molecule has 1 aromatic heterocycles. The van der Waals surface area contributed by atoms with Crippen molar-refractivity contribution in [2.45, 2.75) is 75.8 Å². The molecule has 2 heterocycles. The van der Waals surface area contributed by atoms with Gasteiger partial charge in [0, 0.05) is 24.1 Å². The van der Waals surface area contributed by atoms with Gasteiger partial charge in [-0.25, -0.2) is 8.42 Å². The highest BCUT2D eigenvalue weighted by Gasteiger charge is 2.35. The number of carbonyl (C=O) groups excluding carboxylic acids is 1. The Morgan fingerprint density at radius 3 is 2.64 bits per heavy atom. The number of nitrogens with one attached hydrogen (secondary N) is 1. The Kier molecular flexibility index (Phi) is 6.76. The first-order valence-electron chi connectivity index (χ1n) is 11.6. The Hall–Kier alpha value is -2.46. The number of hydrogen-bond acceptors (Lipinski definition) is 7. The molecule has 1 aliphatic carbocycles. The average Bonchev–Trinajstić information content (AvgIpc) is 3.54. The molecular weight excluding hydrogens is 444 g/mol. The SMILES string of the molecule is COc1ccc(C(=O)NC(c2nc(C3CC3)no2)C(C)C)cc1S(=O)(=O)N1CCCCC1C. The number of aromatic nitrogens is 2. The van der Waals surface area contributed by atoms with Gasteiger partial charge < -0.3 is 14.6 Å². The molecule has 2 fully saturated rings. The molecule has 180 valence electrons. The van der Waals surface area contributed by atoms with Crippen LogP contribution in [0.4, 0.5) is 0 Å². The van der Waals surface area contributed by atoms with Crippen LogP contribution in [0.25, 0.3) is 0 Å². The van der Waals surface area contributed by atoms with Crippen LogP contribution in [0.2, 0.25) is 0 Å². The molecule has 2 unspecified atom stereocenters. The number of piperidine rings is 1. The monoisotopic (exact) mass is 476 g/mol. The zero-order valence-electron chi connectivity index (χ0n) is 19.6. The minimum absolute atomic E-state index is 0.00121. The van der Waals surface area contributed by atoms with Gasteiger partial charge in [-0.2, -0.15) is 9.29 Å². The molecule has 33 heavy (non-hydrogen) atoms. The standard InChI is InChI=1S/C23H32N4O5S/c1-14(2)20(23-25-21(26-32-23)16-8-9-16)24-22(28)17-10-11-18(31-4)19(13-17)33(29,30)27-12-6-5-7-15(27)3/h10-11,13-16,20H,5-9,12H2,1-4H3,(H,24,28). The van der Waals surface area contributed by atoms with E-state index in [0.717, 1.165) is 32.1 Å². The fourth-order valence-electron chi connectivity index (χ4n) is 4.19. The summed E-state index contributed by atoms with van der Waals surface area (Å²) in [5, 5.41) is 6.99. The topological polar surface area (TPSA) is 115 Å². The van der Waals surface area contributed by atoms with Gasteiger partial charge in [-0.1, -0.05) is 25.4 Å². The molecule has 1 aliphatic heterocycles. The summed E-state index contributed by atoms with van der Waals surface area (Å²) in [7, 11) is -2.39. The lowest BCUT2D eigenvalue weighted by Gasteiger charge is -2.32. The molecule has 9 nitrogen and oxygen atoms in total. The van der Waals surface area contributed by atoms with Gasteiger partial charge in [-0.05, 0) is 56.7 Å². The van der Waals surface area contributed by atoms with Crippen molar-refractivity contribution in [1.82, 2.24) is 19.8 Å². The maximum atomic E-state index is 13.5. The third-order valence-electron chi connectivity index (χ3n) is 6.37. The van der Waals surface area contributed by atoms with Crippen molar-refractivity contribution in [1.29, 1.82) is 0 Å². The number of ether oxygens (including phenoxy) is 1. The fraction of sp³-hybridized carbons (Fsp3) is 0.609. The van der Waals surface area contributed by atoms with E-state index in [1.165, 1.54) is 23.5 Å². The summed E-state index contributed by atoms with van der Waals surface area (Å²) in [6, 6.07) is 3.90. The second-order valence-electron chi connectivity index (χ2n) is 9.29. The number of carbonyl (C=O) groups is 1. The van der Waals surface area contributed by atoms with Crippen LogP contribution in [0.15, 0.2) is 27.6 Å². The van der Waals surface area contributed by atoms with Crippen molar-refractivity contribution in [3.8, 4) is 5.75 Å². The van der Waals surface area contributed by atoms with E-state index in [1.54, 1.807) is 6.07 Å². The smallest absolute Gasteiger partial charge is 0.251 e. The average molecular weight is 477 g/mol. The second-order valence-corrected chi connectivity index (χ2v) is 11.1. The molecule has 0 spiro atoms. The van der Waals surface area contributed by atoms with Crippen molar-refractivity contribution in [2.75, 3.05) is 13.7 Å². The molecule has 1 amide bonds. The molecular formula is C23H32N4O5S. The lowest BCUT2D eigenvalue weighted by Crippen LogP contribution is -2.42. The van der Waals surface area contributed by atoms with Crippen molar-refractivity contribution < 1.29 is 22.5 Å². The van der Waals surface area contributed by atoms with Crippen molar-refractivity contribution in [3.63, 3.8) is 0 Å². The van der Waals surface area contributed by atoms with Gasteiger partial charge in [-0.15, -0.1) is 0 Å². The number of sulfonamides is 1. The Bertz CT molecular complexity index is 1110. The molecule has 0 bridgehead atoms. The van der Waals surface area contributed by atoms with E-state index in [1.807, 2.05) is 20.8 Å². The zero-order valence-corrected chi connectivity index (χ0v) is 20.4. The van der Waals surface area contributed by atoms with E-state index in [0.29, 0.717) is 24.2 Å². The number of amides is 1. The van der Waals surface area contributed by atoms with E-state index < -0.39 is 22.0 Å². The Labute approximate surface area is 194 Å². The molecule has 1 aromatic carbocycles. The summed E-state index contributed by atoms with van der Waals surface area (Å²) in [4.78, 5) is 17.6. The summed E-state index contributed by atoms with van der Waals surface area (Å²) in [5.41, 5.74) is 0.228. The predicted octanol–water partition coefficient (Wildman–Crippen LogP) is 3.65. The fourth-order valence-corrected chi connectivity index (χ4v) is 6.08. The molecule has 2 aliphatic rings. The van der Waals surface area contributed by atoms with E-state index in [9.17, 15) is 13.2 Å². The van der Waals surface area contributed by atoms with Gasteiger partial charge in [-0.3, -0.25) is 4.79 Å². The minimum Gasteiger partial charge on any atom is -0.495 e. The van der Waals surface area contributed by atoms with E-state index in [2.05, 4.69) is 15.5 Å². The van der Waals surface area contributed by atoms with Gasteiger partial charge in [0.2, 0.25) is 15.9 Å². The number of benzene rings is 1. The molecule has 2 aromatic rings. The Balaban J connectivity index is 1.60. The Morgan fingerprint density at radius 2 is 2.00 bits per heavy atom. The second kappa shape index (κ2) is 9.42. The maximum absolute atomic E-state index is 13.5. The highest BCUT2D eigenvalue weighted by molar-refractivity contribution is 7.89. The summed E-state index contributed by atoms with van der Waals surface area (Å²) in [5.74, 6) is 1.19. The molecule has 1 saturated carbocycles. The third kappa shape index (κ3) is 4.91. The zero-order chi connectivity index (χ0) is 23.8. The summed E-state index contributed by atoms with van der Waals surface area (Å²) < 4.78 is 39.2. The summed E-state index contributed by atoms with van der Waals surface area (Å²) >= 11 is 0. The van der Waals surface area contributed by atoms with Gasteiger partial charge in [0.25, 0.3) is 5.91 Å². The lowest BCUT2D eigenvalue weighted by atomic mass is 10.0. The molecule has 1 saturated heterocycles. The van der Waals surface area contributed by atoms with Gasteiger partial charge in [0.05, 0.1) is 7.11 Å². The quantitative estimate of drug-likeness (QED) is 0.618. The molecule has 10 heteroatoms. The van der Waals surface area contributed by atoms with Crippen LogP contribution in [0.3, 0.4) is 0 Å². The molecule has 4 rings (SSSR count). The maximum Gasteiger partial charge on any atom is 0.251 e. The van der Waals surface area contributed by atoms with Gasteiger partial charge >= 0.3 is 0 Å². The first-order chi connectivity index (χ1) is 15.7. The lowest BCUT2D eigenvalue weighted by molar-refractivity contribution is 0.0913. The van der Waals surface area contributed by atoms with Crippen LogP contribution in [0, 0.1) is 5.92 Å². The minimum atomic E-state index is -3.82. The highest BCUT2D eigenvalue weighted by atomic mass is 32.2. The van der Waals surface area contributed by atoms with Crippen molar-refractivity contribution in [3.05, 3.63) is 35.5 Å². The van der Waals surface area contributed by atoms with Crippen LogP contribution >= 0.6 is 0 Å². The molecule has 1 N–H and O–H groups in total. The van der Waals surface area contributed by atoms with Crippen LogP contribution in [-0.2, 0) is 10.0 Å². The first-order valence-corrected chi connectivity index (χ1v) is 13.0. The van der Waals surface area contributed by atoms with Crippen LogP contribution in [0.1, 0.15) is 86.9 Å². The molecule has 2 atom stereocenters. The van der Waals surface area contributed by atoms with E-state index in [4.69, 9.17) is 9.26 Å². The summed E-state index contributed by atoms with van der Waals surface area (Å²) in [6.45, 7) is 6.27. The normalized spacial score (nSPS) is 20.6. The van der Waals surface area contributed by atoms with E-state index in [-0.39, 0.29) is 28.2 Å². The van der Waals surface area contributed by atoms with Crippen molar-refractivity contribution >= 4 is 15.9 Å². The Morgan fingerprint density at radius 1 is 1.24 bits per heavy atom. The predicted molar refractivity (Wildman–Crippen MR) is 122 cm³/mol. The largest absolute Gasteiger partial charge is 0.495 e. The third-order valence-corrected chi connectivity index (χ3v) is 8.41. The van der Waals surface area contributed by atoms with Crippen LogP contribution in [0.5, 0.6) is 5.75 Å². The van der Waals surface area contributed by atoms with Crippen molar-refractivity contribution in [2.24, 2.45) is 5.92 Å². The van der Waals surface area contributed by atoms with Crippen LogP contribution in [-0.4, -0.2) is 48.5 Å².